The fourth-order valence-corrected chi connectivity index (χ4v) is 3.62. The van der Waals surface area contributed by atoms with Crippen molar-refractivity contribution in [2.75, 3.05) is 26.4 Å². The third-order valence-electron chi connectivity index (χ3n) is 4.99. The Morgan fingerprint density at radius 1 is 1.11 bits per heavy atom. The van der Waals surface area contributed by atoms with Crippen LogP contribution in [0.15, 0.2) is 0 Å². The zero-order valence-corrected chi connectivity index (χ0v) is 12.2. The molecule has 3 fully saturated rings. The fourth-order valence-electron chi connectivity index (χ4n) is 3.62. The Morgan fingerprint density at radius 2 is 1.95 bits per heavy atom. The van der Waals surface area contributed by atoms with Crippen molar-refractivity contribution in [3.63, 3.8) is 0 Å². The molecule has 3 aliphatic rings. The van der Waals surface area contributed by atoms with Crippen LogP contribution in [-0.2, 0) is 9.47 Å². The lowest BCUT2D eigenvalue weighted by atomic mass is 9.78. The van der Waals surface area contributed by atoms with Crippen LogP contribution in [0.5, 0.6) is 0 Å². The maximum atomic E-state index is 6.13. The number of hydrogen-bond acceptors (Lipinski definition) is 3. The molecule has 1 aliphatic heterocycles. The second-order valence-corrected chi connectivity index (χ2v) is 6.75. The van der Waals surface area contributed by atoms with Gasteiger partial charge in [0.1, 0.15) is 0 Å². The molecule has 2 saturated carbocycles. The van der Waals surface area contributed by atoms with E-state index in [9.17, 15) is 0 Å². The number of ether oxygens (including phenoxy) is 2. The molecular formula is C16H29NO2. The summed E-state index contributed by atoms with van der Waals surface area (Å²) in [7, 11) is 0. The molecule has 3 nitrogen and oxygen atoms in total. The first-order chi connectivity index (χ1) is 9.36. The molecule has 0 bridgehead atoms. The topological polar surface area (TPSA) is 30.5 Å². The van der Waals surface area contributed by atoms with Crippen LogP contribution in [0.4, 0.5) is 0 Å². The summed E-state index contributed by atoms with van der Waals surface area (Å²) in [4.78, 5) is 0. The van der Waals surface area contributed by atoms with Gasteiger partial charge in [-0.2, -0.15) is 0 Å². The van der Waals surface area contributed by atoms with Crippen molar-refractivity contribution < 1.29 is 9.47 Å². The first-order valence-electron chi connectivity index (χ1n) is 8.31. The van der Waals surface area contributed by atoms with Gasteiger partial charge in [0.25, 0.3) is 0 Å². The molecule has 19 heavy (non-hydrogen) atoms. The lowest BCUT2D eigenvalue weighted by Gasteiger charge is -2.43. The Bertz CT molecular complexity index is 266. The average Bonchev–Trinajstić information content (AvgIpc) is 3.24. The highest BCUT2D eigenvalue weighted by Gasteiger charge is 2.38. The second-order valence-electron chi connectivity index (χ2n) is 6.75. The summed E-state index contributed by atoms with van der Waals surface area (Å²) in [6.45, 7) is 3.81. The predicted octanol–water partition coefficient (Wildman–Crippen LogP) is 2.88. The standard InChI is InChI=1S/C16H29NO2/c1-2-7-16(8-3-1)12-15(6-10-19-16)17-9-11-18-13-14-4-5-14/h14-15,17H,1-13H2. The number of nitrogens with one attached hydrogen (secondary N) is 1. The first kappa shape index (κ1) is 13.8. The minimum Gasteiger partial charge on any atom is -0.380 e. The van der Waals surface area contributed by atoms with Crippen molar-refractivity contribution in [2.24, 2.45) is 5.92 Å². The molecule has 1 atom stereocenters. The lowest BCUT2D eigenvalue weighted by Crippen LogP contribution is -2.48. The van der Waals surface area contributed by atoms with E-state index < -0.39 is 0 Å². The number of rotatable bonds is 6. The molecule has 1 unspecified atom stereocenters. The fraction of sp³-hybridized carbons (Fsp3) is 1.00. The van der Waals surface area contributed by atoms with E-state index in [4.69, 9.17) is 9.47 Å². The van der Waals surface area contributed by atoms with Crippen LogP contribution in [-0.4, -0.2) is 38.0 Å². The highest BCUT2D eigenvalue weighted by Crippen LogP contribution is 2.38. The van der Waals surface area contributed by atoms with E-state index in [0.717, 1.165) is 32.3 Å². The van der Waals surface area contributed by atoms with Crippen molar-refractivity contribution in [1.29, 1.82) is 0 Å². The molecule has 0 amide bonds. The van der Waals surface area contributed by atoms with Crippen LogP contribution in [0, 0.1) is 5.92 Å². The summed E-state index contributed by atoms with van der Waals surface area (Å²) >= 11 is 0. The molecule has 1 heterocycles. The molecule has 110 valence electrons. The van der Waals surface area contributed by atoms with Crippen LogP contribution in [0.25, 0.3) is 0 Å². The molecule has 0 aromatic carbocycles. The van der Waals surface area contributed by atoms with Crippen LogP contribution < -0.4 is 5.32 Å². The minimum absolute atomic E-state index is 0.225. The smallest absolute Gasteiger partial charge is 0.0697 e. The molecule has 1 spiro atoms. The minimum atomic E-state index is 0.225. The largest absolute Gasteiger partial charge is 0.380 e. The molecule has 2 aliphatic carbocycles. The highest BCUT2D eigenvalue weighted by atomic mass is 16.5. The van der Waals surface area contributed by atoms with Gasteiger partial charge in [0, 0.05) is 25.8 Å². The summed E-state index contributed by atoms with van der Waals surface area (Å²) in [6.07, 6.45) is 11.8. The van der Waals surface area contributed by atoms with E-state index in [1.807, 2.05) is 0 Å². The number of hydrogen-bond donors (Lipinski definition) is 1. The monoisotopic (exact) mass is 267 g/mol. The van der Waals surface area contributed by atoms with E-state index >= 15 is 0 Å². The van der Waals surface area contributed by atoms with Crippen molar-refractivity contribution >= 4 is 0 Å². The highest BCUT2D eigenvalue weighted by molar-refractivity contribution is 4.91. The Labute approximate surface area is 117 Å². The molecule has 0 aromatic rings. The van der Waals surface area contributed by atoms with Gasteiger partial charge in [0.15, 0.2) is 0 Å². The third kappa shape index (κ3) is 4.17. The van der Waals surface area contributed by atoms with Gasteiger partial charge in [0.05, 0.1) is 12.2 Å². The second kappa shape index (κ2) is 6.55. The van der Waals surface area contributed by atoms with Gasteiger partial charge in [0.2, 0.25) is 0 Å². The van der Waals surface area contributed by atoms with Gasteiger partial charge in [-0.15, -0.1) is 0 Å². The van der Waals surface area contributed by atoms with Gasteiger partial charge >= 0.3 is 0 Å². The van der Waals surface area contributed by atoms with Crippen LogP contribution in [0.2, 0.25) is 0 Å². The summed E-state index contributed by atoms with van der Waals surface area (Å²) in [5, 5.41) is 3.68. The van der Waals surface area contributed by atoms with Gasteiger partial charge in [-0.3, -0.25) is 0 Å². The quantitative estimate of drug-likeness (QED) is 0.751. The van der Waals surface area contributed by atoms with Crippen LogP contribution in [0.3, 0.4) is 0 Å². The zero-order chi connectivity index (χ0) is 13.0. The van der Waals surface area contributed by atoms with Gasteiger partial charge < -0.3 is 14.8 Å². The maximum absolute atomic E-state index is 6.13. The van der Waals surface area contributed by atoms with E-state index in [1.165, 1.54) is 57.8 Å². The summed E-state index contributed by atoms with van der Waals surface area (Å²) in [5.41, 5.74) is 0.225. The molecule has 0 aromatic heterocycles. The van der Waals surface area contributed by atoms with Crippen molar-refractivity contribution in [2.45, 2.75) is 69.4 Å². The van der Waals surface area contributed by atoms with E-state index in [1.54, 1.807) is 0 Å². The van der Waals surface area contributed by atoms with Gasteiger partial charge in [-0.25, -0.2) is 0 Å². The summed E-state index contributed by atoms with van der Waals surface area (Å²) in [6, 6.07) is 0.649. The van der Waals surface area contributed by atoms with Crippen LogP contribution >= 0.6 is 0 Å². The van der Waals surface area contributed by atoms with Gasteiger partial charge in [-0.1, -0.05) is 19.3 Å². The van der Waals surface area contributed by atoms with Crippen molar-refractivity contribution in [3.8, 4) is 0 Å². The third-order valence-corrected chi connectivity index (χ3v) is 4.99. The average molecular weight is 267 g/mol. The molecule has 1 saturated heterocycles. The molecule has 0 radical (unpaired) electrons. The SMILES string of the molecule is C1CCC2(CC1)CC(NCCOCC1CC1)CCO2. The van der Waals surface area contributed by atoms with E-state index in [0.29, 0.717) is 6.04 Å². The van der Waals surface area contributed by atoms with Gasteiger partial charge in [-0.05, 0) is 44.4 Å². The van der Waals surface area contributed by atoms with E-state index in [2.05, 4.69) is 5.32 Å². The van der Waals surface area contributed by atoms with Crippen molar-refractivity contribution in [1.82, 2.24) is 5.32 Å². The predicted molar refractivity (Wildman–Crippen MR) is 76.3 cm³/mol. The molecular weight excluding hydrogens is 238 g/mol. The molecule has 1 N–H and O–H groups in total. The Hall–Kier alpha value is -0.120. The first-order valence-corrected chi connectivity index (χ1v) is 8.31. The van der Waals surface area contributed by atoms with Crippen molar-refractivity contribution in [3.05, 3.63) is 0 Å². The maximum Gasteiger partial charge on any atom is 0.0697 e. The molecule has 3 rings (SSSR count). The Balaban J connectivity index is 1.33. The Kier molecular flexibility index (Phi) is 4.78. The normalized spacial score (nSPS) is 30.6. The lowest BCUT2D eigenvalue weighted by molar-refractivity contribution is -0.109. The summed E-state index contributed by atoms with van der Waals surface area (Å²) < 4.78 is 11.8. The summed E-state index contributed by atoms with van der Waals surface area (Å²) in [5.74, 6) is 0.883. The van der Waals surface area contributed by atoms with Crippen LogP contribution in [0.1, 0.15) is 57.8 Å². The zero-order valence-electron chi connectivity index (χ0n) is 12.2. The Morgan fingerprint density at radius 3 is 2.74 bits per heavy atom. The molecule has 3 heteroatoms. The van der Waals surface area contributed by atoms with E-state index in [-0.39, 0.29) is 5.60 Å².